The molecule has 6 nitrogen and oxygen atoms in total. The van der Waals surface area contributed by atoms with Crippen molar-refractivity contribution in [2.75, 3.05) is 35.3 Å². The van der Waals surface area contributed by atoms with Crippen molar-refractivity contribution in [3.63, 3.8) is 0 Å². The van der Waals surface area contributed by atoms with Crippen molar-refractivity contribution in [3.8, 4) is 0 Å². The highest BCUT2D eigenvalue weighted by Gasteiger charge is 2.18. The molecule has 0 heterocycles. The molecule has 0 fully saturated rings. The Morgan fingerprint density at radius 2 is 1.35 bits per heavy atom. The van der Waals surface area contributed by atoms with Crippen LogP contribution in [0.5, 0.6) is 0 Å². The summed E-state index contributed by atoms with van der Waals surface area (Å²) in [5.41, 5.74) is 0. The topological polar surface area (TPSA) is 70.1 Å². The van der Waals surface area contributed by atoms with Crippen LogP contribution in [-0.4, -0.2) is 74.2 Å². The average molecular weight is 332 g/mol. The van der Waals surface area contributed by atoms with Crippen LogP contribution in [-0.2, 0) is 14.3 Å². The van der Waals surface area contributed by atoms with Gasteiger partial charge in [-0.3, -0.25) is 9.59 Å². The van der Waals surface area contributed by atoms with E-state index in [0.717, 1.165) is 32.1 Å². The Balaban J connectivity index is 0. The van der Waals surface area contributed by atoms with Gasteiger partial charge in [0.15, 0.2) is 0 Å². The van der Waals surface area contributed by atoms with Gasteiger partial charge in [0.25, 0.3) is 11.8 Å². The maximum atomic E-state index is 11.4. The summed E-state index contributed by atoms with van der Waals surface area (Å²) < 4.78 is 5.08. The Morgan fingerprint density at radius 1 is 0.913 bits per heavy atom. The van der Waals surface area contributed by atoms with Crippen LogP contribution in [0.25, 0.3) is 0 Å². The minimum Gasteiger partial charge on any atom is -0.383 e. The van der Waals surface area contributed by atoms with Gasteiger partial charge >= 0.3 is 0 Å². The molecule has 23 heavy (non-hydrogen) atoms. The lowest BCUT2D eigenvalue weighted by Gasteiger charge is -2.18. The van der Waals surface area contributed by atoms with Gasteiger partial charge in [0.05, 0.1) is 0 Å². The summed E-state index contributed by atoms with van der Waals surface area (Å²) in [6.07, 6.45) is 4.40. The number of likely N-dealkylation sites (N-methyl/N-ethyl adjacent to an activating group) is 2. The maximum absolute atomic E-state index is 11.4. The van der Waals surface area contributed by atoms with Crippen molar-refractivity contribution in [1.29, 1.82) is 0 Å². The zero-order valence-electron chi connectivity index (χ0n) is 16.0. The second-order valence-electron chi connectivity index (χ2n) is 5.99. The highest BCUT2D eigenvalue weighted by molar-refractivity contribution is 5.80. The zero-order chi connectivity index (χ0) is 18.4. The summed E-state index contributed by atoms with van der Waals surface area (Å²) in [7, 11) is 8.39. The first kappa shape index (κ1) is 24.1. The summed E-state index contributed by atoms with van der Waals surface area (Å²) in [6.45, 7) is 4.14. The Bertz CT molecular complexity index is 320. The largest absolute Gasteiger partial charge is 0.383 e. The van der Waals surface area contributed by atoms with E-state index in [1.807, 2.05) is 6.92 Å². The highest BCUT2D eigenvalue weighted by Crippen LogP contribution is 2.06. The molecule has 0 radical (unpaired) electrons. The van der Waals surface area contributed by atoms with Gasteiger partial charge in [-0.25, -0.2) is 0 Å². The van der Waals surface area contributed by atoms with Crippen LogP contribution < -0.4 is 0 Å². The van der Waals surface area contributed by atoms with Gasteiger partial charge in [-0.15, -0.1) is 0 Å². The van der Waals surface area contributed by atoms with Gasteiger partial charge in [-0.2, -0.15) is 0 Å². The van der Waals surface area contributed by atoms with Crippen LogP contribution in [0.4, 0.5) is 0 Å². The van der Waals surface area contributed by atoms with E-state index in [1.165, 1.54) is 4.90 Å². The second-order valence-corrected chi connectivity index (χ2v) is 5.99. The quantitative estimate of drug-likeness (QED) is 0.700. The number of aliphatic hydroxyl groups excluding tert-OH is 1. The predicted octanol–water partition coefficient (Wildman–Crippen LogP) is 1.91. The average Bonchev–Trinajstić information content (AvgIpc) is 2.52. The molecule has 0 aliphatic heterocycles. The lowest BCUT2D eigenvalue weighted by molar-refractivity contribution is -0.139. The molecular weight excluding hydrogens is 296 g/mol. The molecule has 0 aromatic carbocycles. The fraction of sp³-hybridized carbons (Fsp3) is 0.882. The standard InChI is InChI=1S/C9H19NO2.C8H17NO2/c1-5-6-7-8(12-4)9(11)10(2)3;1-4-5-6-7(10)8(11)9(2)3/h8H,5-7H2,1-4H3;7,10H,4-6H2,1-3H3. The zero-order valence-corrected chi connectivity index (χ0v) is 16.0. The van der Waals surface area contributed by atoms with Gasteiger partial charge in [0.2, 0.25) is 0 Å². The Labute approximate surface area is 141 Å². The molecule has 0 saturated carbocycles. The van der Waals surface area contributed by atoms with Gasteiger partial charge in [0, 0.05) is 35.3 Å². The minimum atomic E-state index is -0.801. The van der Waals surface area contributed by atoms with E-state index in [2.05, 4.69) is 6.92 Å². The van der Waals surface area contributed by atoms with E-state index in [0.29, 0.717) is 6.42 Å². The Kier molecular flexibility index (Phi) is 15.2. The van der Waals surface area contributed by atoms with Crippen LogP contribution in [0.2, 0.25) is 0 Å². The van der Waals surface area contributed by atoms with Crippen molar-refractivity contribution in [3.05, 3.63) is 0 Å². The number of methoxy groups -OCH3 is 1. The van der Waals surface area contributed by atoms with E-state index in [-0.39, 0.29) is 17.9 Å². The Morgan fingerprint density at radius 3 is 1.70 bits per heavy atom. The fourth-order valence-electron chi connectivity index (χ4n) is 1.84. The molecule has 1 N–H and O–H groups in total. The van der Waals surface area contributed by atoms with E-state index in [4.69, 9.17) is 4.74 Å². The highest BCUT2D eigenvalue weighted by atomic mass is 16.5. The third-order valence-corrected chi connectivity index (χ3v) is 3.38. The van der Waals surface area contributed by atoms with Crippen LogP contribution in [0.1, 0.15) is 52.4 Å². The number of hydrogen-bond donors (Lipinski definition) is 1. The van der Waals surface area contributed by atoms with Crippen molar-refractivity contribution in [2.45, 2.75) is 64.6 Å². The van der Waals surface area contributed by atoms with Crippen LogP contribution >= 0.6 is 0 Å². The second kappa shape index (κ2) is 14.5. The predicted molar refractivity (Wildman–Crippen MR) is 93.2 cm³/mol. The lowest BCUT2D eigenvalue weighted by atomic mass is 10.1. The van der Waals surface area contributed by atoms with E-state index >= 15 is 0 Å². The third kappa shape index (κ3) is 12.0. The summed E-state index contributed by atoms with van der Waals surface area (Å²) >= 11 is 0. The van der Waals surface area contributed by atoms with Crippen molar-refractivity contribution in [1.82, 2.24) is 9.80 Å². The first-order chi connectivity index (χ1) is 10.7. The number of carbonyl (C=O) groups is 2. The Hall–Kier alpha value is -1.14. The molecule has 0 saturated heterocycles. The lowest BCUT2D eigenvalue weighted by Crippen LogP contribution is -2.34. The number of unbranched alkanes of at least 4 members (excludes halogenated alkanes) is 2. The molecule has 2 atom stereocenters. The van der Waals surface area contributed by atoms with Gasteiger partial charge in [0.1, 0.15) is 12.2 Å². The SMILES string of the molecule is CCCCC(O)C(=O)N(C)C.CCCCC(OC)C(=O)N(C)C. The molecule has 0 rings (SSSR count). The summed E-state index contributed by atoms with van der Waals surface area (Å²) in [5, 5.41) is 9.23. The number of rotatable bonds is 9. The van der Waals surface area contributed by atoms with E-state index in [9.17, 15) is 14.7 Å². The van der Waals surface area contributed by atoms with Gasteiger partial charge in [-0.05, 0) is 12.8 Å². The number of ether oxygens (including phenoxy) is 1. The molecule has 0 aromatic heterocycles. The third-order valence-electron chi connectivity index (χ3n) is 3.38. The van der Waals surface area contributed by atoms with Gasteiger partial charge in [-0.1, -0.05) is 39.5 Å². The fourth-order valence-corrected chi connectivity index (χ4v) is 1.84. The van der Waals surface area contributed by atoms with Crippen LogP contribution in [0.3, 0.4) is 0 Å². The summed E-state index contributed by atoms with van der Waals surface area (Å²) in [5.74, 6) is -0.135. The molecule has 138 valence electrons. The molecular formula is C17H36N2O4. The van der Waals surface area contributed by atoms with Crippen molar-refractivity contribution in [2.24, 2.45) is 0 Å². The normalized spacial score (nSPS) is 12.7. The number of nitrogens with zero attached hydrogens (tertiary/aromatic N) is 2. The summed E-state index contributed by atoms with van der Waals surface area (Å²) in [6, 6.07) is 0. The van der Waals surface area contributed by atoms with Crippen molar-refractivity contribution >= 4 is 11.8 Å². The first-order valence-electron chi connectivity index (χ1n) is 8.35. The van der Waals surface area contributed by atoms with Crippen molar-refractivity contribution < 1.29 is 19.4 Å². The van der Waals surface area contributed by atoms with E-state index < -0.39 is 6.10 Å². The molecule has 0 aromatic rings. The number of aliphatic hydroxyl groups is 1. The molecule has 0 aliphatic carbocycles. The molecule has 0 spiro atoms. The number of carbonyl (C=O) groups excluding carboxylic acids is 2. The summed E-state index contributed by atoms with van der Waals surface area (Å²) in [4.78, 5) is 25.4. The van der Waals surface area contributed by atoms with E-state index in [1.54, 1.807) is 40.2 Å². The minimum absolute atomic E-state index is 0.0611. The number of hydrogen-bond acceptors (Lipinski definition) is 4. The first-order valence-corrected chi connectivity index (χ1v) is 8.35. The monoisotopic (exact) mass is 332 g/mol. The molecule has 2 unspecified atom stereocenters. The van der Waals surface area contributed by atoms with Crippen LogP contribution in [0, 0.1) is 0 Å². The molecule has 0 bridgehead atoms. The number of amides is 2. The smallest absolute Gasteiger partial charge is 0.251 e. The molecule has 6 heteroatoms. The maximum Gasteiger partial charge on any atom is 0.251 e. The van der Waals surface area contributed by atoms with Crippen LogP contribution in [0.15, 0.2) is 0 Å². The van der Waals surface area contributed by atoms with Gasteiger partial charge < -0.3 is 19.6 Å². The molecule has 2 amide bonds. The molecule has 0 aliphatic rings.